The minimum Gasteiger partial charge on any atom is -0.383 e. The minimum atomic E-state index is 0.534. The molecule has 0 radical (unpaired) electrons. The molecule has 0 fully saturated rings. The van der Waals surface area contributed by atoms with Crippen LogP contribution in [0.1, 0.15) is 32.3 Å². The Balaban J connectivity index is 1.93. The van der Waals surface area contributed by atoms with Crippen LogP contribution in [0.25, 0.3) is 0 Å². The van der Waals surface area contributed by atoms with E-state index >= 15 is 0 Å². The van der Waals surface area contributed by atoms with Crippen LogP contribution >= 0.6 is 0 Å². The molecule has 0 saturated carbocycles. The molecule has 0 aliphatic rings. The molecule has 0 aliphatic heterocycles. The fourth-order valence-electron chi connectivity index (χ4n) is 2.08. The van der Waals surface area contributed by atoms with Gasteiger partial charge in [0.1, 0.15) is 0 Å². The first-order chi connectivity index (χ1) is 8.78. The zero-order chi connectivity index (χ0) is 12.8. The summed E-state index contributed by atoms with van der Waals surface area (Å²) in [6.45, 7) is 5.27. The number of aromatic nitrogens is 2. The van der Waals surface area contributed by atoms with Crippen molar-refractivity contribution in [2.24, 2.45) is 0 Å². The third kappa shape index (κ3) is 3.62. The van der Waals surface area contributed by atoms with Crippen LogP contribution in [0.3, 0.4) is 0 Å². The largest absolute Gasteiger partial charge is 0.383 e. The van der Waals surface area contributed by atoms with Gasteiger partial charge >= 0.3 is 0 Å². The summed E-state index contributed by atoms with van der Waals surface area (Å²) in [5.41, 5.74) is 2.47. The van der Waals surface area contributed by atoms with Gasteiger partial charge in [0.15, 0.2) is 0 Å². The third-order valence-electron chi connectivity index (χ3n) is 2.99. The second-order valence-electron chi connectivity index (χ2n) is 4.73. The highest BCUT2D eigenvalue weighted by molar-refractivity contribution is 5.45. The summed E-state index contributed by atoms with van der Waals surface area (Å²) in [6.07, 6.45) is 6.21. The van der Waals surface area contributed by atoms with Crippen molar-refractivity contribution in [2.45, 2.75) is 39.3 Å². The summed E-state index contributed by atoms with van der Waals surface area (Å²) < 4.78 is 1.93. The van der Waals surface area contributed by atoms with Gasteiger partial charge in [0.25, 0.3) is 0 Å². The molecule has 0 aliphatic carbocycles. The average molecular weight is 243 g/mol. The lowest BCUT2D eigenvalue weighted by atomic mass is 10.1. The van der Waals surface area contributed by atoms with E-state index in [4.69, 9.17) is 0 Å². The van der Waals surface area contributed by atoms with E-state index in [0.29, 0.717) is 6.04 Å². The standard InChI is InChI=1S/C15H21N3/c1-3-5-13(2)17-15-8-6-14(7-9-15)12-18-11-4-10-16-18/h4,6-11,13,17H,3,5,12H2,1-2H3. The van der Waals surface area contributed by atoms with Crippen LogP contribution in [0.5, 0.6) is 0 Å². The molecule has 0 saturated heterocycles. The Hall–Kier alpha value is -1.77. The molecular formula is C15H21N3. The maximum atomic E-state index is 4.21. The highest BCUT2D eigenvalue weighted by Crippen LogP contribution is 2.13. The van der Waals surface area contributed by atoms with Crippen molar-refractivity contribution in [1.82, 2.24) is 9.78 Å². The van der Waals surface area contributed by atoms with Gasteiger partial charge < -0.3 is 5.32 Å². The predicted molar refractivity (Wildman–Crippen MR) is 75.8 cm³/mol. The predicted octanol–water partition coefficient (Wildman–Crippen LogP) is 3.53. The maximum absolute atomic E-state index is 4.21. The lowest BCUT2D eigenvalue weighted by Gasteiger charge is -2.14. The van der Waals surface area contributed by atoms with Crippen LogP contribution < -0.4 is 5.32 Å². The van der Waals surface area contributed by atoms with Gasteiger partial charge in [0.05, 0.1) is 6.54 Å². The number of benzene rings is 1. The highest BCUT2D eigenvalue weighted by atomic mass is 15.3. The SMILES string of the molecule is CCCC(C)Nc1ccc(Cn2cccn2)cc1. The highest BCUT2D eigenvalue weighted by Gasteiger charge is 2.01. The number of rotatable bonds is 6. The molecule has 2 aromatic rings. The summed E-state index contributed by atoms with van der Waals surface area (Å²) in [6, 6.07) is 11.1. The molecule has 3 heteroatoms. The van der Waals surface area contributed by atoms with Crippen LogP contribution in [0.4, 0.5) is 5.69 Å². The first-order valence-electron chi connectivity index (χ1n) is 6.61. The van der Waals surface area contributed by atoms with Gasteiger partial charge in [-0.25, -0.2) is 0 Å². The van der Waals surface area contributed by atoms with Crippen molar-refractivity contribution in [3.05, 3.63) is 48.3 Å². The number of nitrogens with zero attached hydrogens (tertiary/aromatic N) is 2. The fraction of sp³-hybridized carbons (Fsp3) is 0.400. The summed E-state index contributed by atoms with van der Waals surface area (Å²) >= 11 is 0. The number of hydrogen-bond donors (Lipinski definition) is 1. The topological polar surface area (TPSA) is 29.9 Å². The lowest BCUT2D eigenvalue weighted by Crippen LogP contribution is -2.14. The van der Waals surface area contributed by atoms with Gasteiger partial charge in [0.2, 0.25) is 0 Å². The van der Waals surface area contributed by atoms with E-state index in [2.05, 4.69) is 48.5 Å². The normalized spacial score (nSPS) is 12.3. The van der Waals surface area contributed by atoms with E-state index in [1.165, 1.54) is 24.1 Å². The molecule has 3 nitrogen and oxygen atoms in total. The Labute approximate surface area is 109 Å². The molecule has 96 valence electrons. The lowest BCUT2D eigenvalue weighted by molar-refractivity contribution is 0.684. The molecule has 1 aromatic heterocycles. The first-order valence-corrected chi connectivity index (χ1v) is 6.61. The van der Waals surface area contributed by atoms with Crippen molar-refractivity contribution in [3.8, 4) is 0 Å². The monoisotopic (exact) mass is 243 g/mol. The Bertz CT molecular complexity index is 445. The molecule has 0 amide bonds. The Morgan fingerprint density at radius 2 is 2.06 bits per heavy atom. The van der Waals surface area contributed by atoms with Crippen LogP contribution in [0.15, 0.2) is 42.7 Å². The summed E-state index contributed by atoms with van der Waals surface area (Å²) in [7, 11) is 0. The molecule has 1 unspecified atom stereocenters. The summed E-state index contributed by atoms with van der Waals surface area (Å²) in [5, 5.41) is 7.71. The molecule has 1 atom stereocenters. The van der Waals surface area contributed by atoms with E-state index in [9.17, 15) is 0 Å². The van der Waals surface area contributed by atoms with Crippen molar-refractivity contribution >= 4 is 5.69 Å². The van der Waals surface area contributed by atoms with E-state index in [1.807, 2.05) is 23.1 Å². The van der Waals surface area contributed by atoms with Gasteiger partial charge in [0, 0.05) is 24.1 Å². The van der Waals surface area contributed by atoms with Crippen molar-refractivity contribution < 1.29 is 0 Å². The summed E-state index contributed by atoms with van der Waals surface area (Å²) in [4.78, 5) is 0. The minimum absolute atomic E-state index is 0.534. The molecular weight excluding hydrogens is 222 g/mol. The van der Waals surface area contributed by atoms with Crippen molar-refractivity contribution in [1.29, 1.82) is 0 Å². The maximum Gasteiger partial charge on any atom is 0.0659 e. The second-order valence-corrected chi connectivity index (χ2v) is 4.73. The molecule has 2 rings (SSSR count). The van der Waals surface area contributed by atoms with Crippen LogP contribution in [0.2, 0.25) is 0 Å². The zero-order valence-electron chi connectivity index (χ0n) is 11.1. The van der Waals surface area contributed by atoms with Gasteiger partial charge in [-0.05, 0) is 37.1 Å². The van der Waals surface area contributed by atoms with Gasteiger partial charge in [-0.15, -0.1) is 0 Å². The van der Waals surface area contributed by atoms with E-state index < -0.39 is 0 Å². The van der Waals surface area contributed by atoms with E-state index in [1.54, 1.807) is 0 Å². The zero-order valence-corrected chi connectivity index (χ0v) is 11.1. The van der Waals surface area contributed by atoms with Gasteiger partial charge in [-0.1, -0.05) is 25.5 Å². The Morgan fingerprint density at radius 1 is 1.28 bits per heavy atom. The first kappa shape index (κ1) is 12.7. The van der Waals surface area contributed by atoms with E-state index in [0.717, 1.165) is 6.54 Å². The van der Waals surface area contributed by atoms with Crippen molar-refractivity contribution in [3.63, 3.8) is 0 Å². The number of nitrogens with one attached hydrogen (secondary N) is 1. The smallest absolute Gasteiger partial charge is 0.0659 e. The third-order valence-corrected chi connectivity index (χ3v) is 2.99. The van der Waals surface area contributed by atoms with Crippen LogP contribution in [0, 0.1) is 0 Å². The molecule has 18 heavy (non-hydrogen) atoms. The molecule has 1 aromatic carbocycles. The molecule has 1 N–H and O–H groups in total. The quantitative estimate of drug-likeness (QED) is 0.841. The molecule has 0 bridgehead atoms. The summed E-state index contributed by atoms with van der Waals surface area (Å²) in [5.74, 6) is 0. The van der Waals surface area contributed by atoms with Crippen molar-refractivity contribution in [2.75, 3.05) is 5.32 Å². The number of hydrogen-bond acceptors (Lipinski definition) is 2. The average Bonchev–Trinajstić information content (AvgIpc) is 2.85. The van der Waals surface area contributed by atoms with Gasteiger partial charge in [-0.3, -0.25) is 4.68 Å². The van der Waals surface area contributed by atoms with Gasteiger partial charge in [-0.2, -0.15) is 5.10 Å². The van der Waals surface area contributed by atoms with Crippen LogP contribution in [-0.2, 0) is 6.54 Å². The molecule has 1 heterocycles. The molecule has 0 spiro atoms. The van der Waals surface area contributed by atoms with Crippen LogP contribution in [-0.4, -0.2) is 15.8 Å². The number of anilines is 1. The van der Waals surface area contributed by atoms with E-state index in [-0.39, 0.29) is 0 Å². The second kappa shape index (κ2) is 6.24. The fourth-order valence-corrected chi connectivity index (χ4v) is 2.08. The Morgan fingerprint density at radius 3 is 2.67 bits per heavy atom. The Kier molecular flexibility index (Phi) is 4.40.